The molecule has 2 nitrogen and oxygen atoms in total. The van der Waals surface area contributed by atoms with E-state index in [4.69, 9.17) is 33.9 Å². The van der Waals surface area contributed by atoms with Crippen molar-refractivity contribution in [1.29, 1.82) is 0 Å². The molecular formula is C48H48O2S10. The summed E-state index contributed by atoms with van der Waals surface area (Å²) in [6.07, 6.45) is 9.64. The van der Waals surface area contributed by atoms with E-state index in [1.165, 1.54) is 117 Å². The highest BCUT2D eigenvalue weighted by Crippen LogP contribution is 2.48. The third-order valence-electron chi connectivity index (χ3n) is 10.8. The van der Waals surface area contributed by atoms with E-state index >= 15 is 0 Å². The van der Waals surface area contributed by atoms with Gasteiger partial charge in [-0.25, -0.2) is 0 Å². The summed E-state index contributed by atoms with van der Waals surface area (Å²) in [5.74, 6) is 1.16. The molecule has 2 aromatic carbocycles. The van der Waals surface area contributed by atoms with Crippen LogP contribution in [0.25, 0.3) is 70.0 Å². The zero-order chi connectivity index (χ0) is 41.6. The van der Waals surface area contributed by atoms with E-state index in [-0.39, 0.29) is 0 Å². The van der Waals surface area contributed by atoms with Crippen molar-refractivity contribution in [2.45, 2.75) is 87.5 Å². The van der Waals surface area contributed by atoms with Gasteiger partial charge in [0.25, 0.3) is 0 Å². The van der Waals surface area contributed by atoms with Gasteiger partial charge in [0.05, 0.1) is 31.0 Å². The number of thiophene rings is 6. The molecule has 8 rings (SSSR count). The number of benzene rings is 2. The zero-order valence-electron chi connectivity index (χ0n) is 34.2. The van der Waals surface area contributed by atoms with E-state index in [2.05, 4.69) is 113 Å². The van der Waals surface area contributed by atoms with Gasteiger partial charge < -0.3 is 9.47 Å². The van der Waals surface area contributed by atoms with E-state index in [1.807, 2.05) is 45.3 Å². The fourth-order valence-electron chi connectivity index (χ4n) is 7.22. The second kappa shape index (κ2) is 21.1. The summed E-state index contributed by atoms with van der Waals surface area (Å²) in [6, 6.07) is 31.9. The van der Waals surface area contributed by atoms with Gasteiger partial charge in [-0.15, -0.1) is 68.0 Å². The first-order chi connectivity index (χ1) is 29.3. The lowest BCUT2D eigenvalue weighted by atomic mass is 10.0. The number of unbranched alkanes of at least 4 members (excludes halogenated alkanes) is 2. The smallest absolute Gasteiger partial charge is 0.225 e. The van der Waals surface area contributed by atoms with Gasteiger partial charge in [0.15, 0.2) is 0 Å². The summed E-state index contributed by atoms with van der Waals surface area (Å²) in [5, 5.41) is 2.70. The number of hydrogen-bond acceptors (Lipinski definition) is 12. The molecule has 0 radical (unpaired) electrons. The first-order valence-corrected chi connectivity index (χ1v) is 28.2. The average Bonchev–Trinajstić information content (AvgIpc) is 4.12. The van der Waals surface area contributed by atoms with Crippen LogP contribution in [-0.2, 0) is 9.47 Å². The predicted molar refractivity (Wildman–Crippen MR) is 283 cm³/mol. The third-order valence-corrected chi connectivity index (χ3v) is 20.7. The molecule has 60 heavy (non-hydrogen) atoms. The van der Waals surface area contributed by atoms with Gasteiger partial charge in [-0.3, -0.25) is 0 Å². The second-order valence-electron chi connectivity index (χ2n) is 15.0. The molecule has 6 heterocycles. The molecule has 312 valence electrons. The zero-order valence-corrected chi connectivity index (χ0v) is 42.4. The lowest BCUT2D eigenvalue weighted by molar-refractivity contribution is 0.233. The van der Waals surface area contributed by atoms with Gasteiger partial charge in [-0.2, -0.15) is 0 Å². The summed E-state index contributed by atoms with van der Waals surface area (Å²) < 4.78 is 21.1. The molecule has 0 fully saturated rings. The van der Waals surface area contributed by atoms with Crippen molar-refractivity contribution in [3.8, 4) is 40.4 Å². The highest BCUT2D eigenvalue weighted by atomic mass is 32.2. The lowest BCUT2D eigenvalue weighted by Crippen LogP contribution is -2.10. The van der Waals surface area contributed by atoms with Crippen molar-refractivity contribution in [2.75, 3.05) is 13.2 Å². The van der Waals surface area contributed by atoms with Crippen LogP contribution in [0.3, 0.4) is 0 Å². The number of thiocarbonyl (C=S) groups is 2. The van der Waals surface area contributed by atoms with Crippen molar-refractivity contribution in [1.82, 2.24) is 0 Å². The standard InChI is InChI=1S/C48H48O2S10/c1-5-9-11-29(7-3)27-49-47(51)59-43-23-21-39(55-43)37-19-17-35(53-37)31-13-15-33-41(25-31)57-46-34-16-14-32(26-42(34)58-45(33)46)36-18-20-38(54-36)40-22-24-44(56-40)60-48(52)50-28-30(8-4)12-10-6-2/h13-26,29-30H,5-12,27-28H2,1-4H3. The minimum absolute atomic E-state index is 0.581. The van der Waals surface area contributed by atoms with Crippen LogP contribution in [-0.4, -0.2) is 22.0 Å². The van der Waals surface area contributed by atoms with Crippen LogP contribution in [0, 0.1) is 11.8 Å². The summed E-state index contributed by atoms with van der Waals surface area (Å²) in [7, 11) is 0. The highest BCUT2D eigenvalue weighted by molar-refractivity contribution is 8.24. The van der Waals surface area contributed by atoms with Crippen LogP contribution in [0.2, 0.25) is 0 Å². The molecule has 0 amide bonds. The topological polar surface area (TPSA) is 18.5 Å². The number of rotatable bonds is 18. The fraction of sp³-hybridized carbons (Fsp3) is 0.333. The Bertz CT molecular complexity index is 2520. The number of fused-ring (bicyclic) bond motifs is 5. The van der Waals surface area contributed by atoms with Crippen LogP contribution < -0.4 is 0 Å². The number of ether oxygens (including phenoxy) is 2. The molecule has 0 spiro atoms. The Morgan fingerprint density at radius 2 is 0.900 bits per heavy atom. The minimum Gasteiger partial charge on any atom is -0.478 e. The van der Waals surface area contributed by atoms with Crippen LogP contribution >= 0.6 is 116 Å². The molecule has 0 aliphatic carbocycles. The predicted octanol–water partition coefficient (Wildman–Crippen LogP) is 19.4. The van der Waals surface area contributed by atoms with Crippen molar-refractivity contribution in [3.63, 3.8) is 0 Å². The van der Waals surface area contributed by atoms with Gasteiger partial charge in [0.2, 0.25) is 8.77 Å². The van der Waals surface area contributed by atoms with E-state index in [0.29, 0.717) is 20.6 Å². The van der Waals surface area contributed by atoms with Crippen molar-refractivity contribution in [3.05, 3.63) is 84.9 Å². The minimum atomic E-state index is 0.581. The molecule has 8 aromatic rings. The third kappa shape index (κ3) is 10.6. The summed E-state index contributed by atoms with van der Waals surface area (Å²) in [5.41, 5.74) is 2.55. The number of hydrogen-bond donors (Lipinski definition) is 0. The van der Waals surface area contributed by atoms with Gasteiger partial charge >= 0.3 is 0 Å². The Kier molecular flexibility index (Phi) is 15.6. The van der Waals surface area contributed by atoms with Crippen LogP contribution in [0.15, 0.2) is 93.3 Å². The van der Waals surface area contributed by atoms with Crippen LogP contribution in [0.1, 0.15) is 79.1 Å². The molecule has 0 aliphatic heterocycles. The van der Waals surface area contributed by atoms with Gasteiger partial charge in [0, 0.05) is 49.4 Å². The van der Waals surface area contributed by atoms with E-state index in [9.17, 15) is 0 Å². The highest BCUT2D eigenvalue weighted by Gasteiger charge is 2.18. The number of thioether (sulfide) groups is 2. The maximum absolute atomic E-state index is 6.01. The maximum Gasteiger partial charge on any atom is 0.225 e. The van der Waals surface area contributed by atoms with Crippen LogP contribution in [0.5, 0.6) is 0 Å². The molecular weight excluding hydrogens is 929 g/mol. The Labute approximate surface area is 397 Å². The molecule has 0 aliphatic rings. The average molecular weight is 978 g/mol. The fourth-order valence-corrected chi connectivity index (χ4v) is 16.8. The molecule has 0 saturated carbocycles. The molecule has 0 N–H and O–H groups in total. The Balaban J connectivity index is 0.910. The monoisotopic (exact) mass is 976 g/mol. The summed E-state index contributed by atoms with van der Waals surface area (Å²) in [4.78, 5) is 7.70. The van der Waals surface area contributed by atoms with Crippen molar-refractivity contribution >= 4 is 154 Å². The van der Waals surface area contributed by atoms with Gasteiger partial charge in [-0.05, 0) is 144 Å². The molecule has 2 atom stereocenters. The first kappa shape index (κ1) is 44.5. The molecule has 6 aromatic heterocycles. The van der Waals surface area contributed by atoms with Crippen molar-refractivity contribution < 1.29 is 9.47 Å². The van der Waals surface area contributed by atoms with Crippen molar-refractivity contribution in [2.24, 2.45) is 11.8 Å². The Hall–Kier alpha value is -2.10. The van der Waals surface area contributed by atoms with E-state index in [1.54, 1.807) is 46.2 Å². The van der Waals surface area contributed by atoms with E-state index in [0.717, 1.165) is 26.1 Å². The summed E-state index contributed by atoms with van der Waals surface area (Å²) in [6.45, 7) is 10.4. The van der Waals surface area contributed by atoms with Crippen LogP contribution in [0.4, 0.5) is 0 Å². The Morgan fingerprint density at radius 1 is 0.500 bits per heavy atom. The van der Waals surface area contributed by atoms with Gasteiger partial charge in [0.1, 0.15) is 0 Å². The largest absolute Gasteiger partial charge is 0.478 e. The molecule has 2 unspecified atom stereocenters. The first-order valence-electron chi connectivity index (χ1n) is 20.8. The molecule has 12 heteroatoms. The lowest BCUT2D eigenvalue weighted by Gasteiger charge is -2.15. The van der Waals surface area contributed by atoms with Gasteiger partial charge in [-0.1, -0.05) is 90.5 Å². The molecule has 0 saturated heterocycles. The second-order valence-corrected chi connectivity index (χ2v) is 25.3. The molecule has 0 bridgehead atoms. The maximum atomic E-state index is 6.01. The normalized spacial score (nSPS) is 12.8. The summed E-state index contributed by atoms with van der Waals surface area (Å²) >= 11 is 25.5. The van der Waals surface area contributed by atoms with E-state index < -0.39 is 0 Å². The quantitative estimate of drug-likeness (QED) is 0.0625. The SMILES string of the molecule is CCCCC(CC)COC(=S)Sc1ccc(-c2ccc(-c3ccc4c(c3)sc3c5ccc(-c6ccc(-c7ccc(SC(=S)OCC(CC)CCCC)s7)s6)cc5sc43)s2)s1. The Morgan fingerprint density at radius 3 is 1.32 bits per heavy atom.